The Morgan fingerprint density at radius 3 is 2.29 bits per heavy atom. The Balaban J connectivity index is 1.31. The molecule has 0 saturated carbocycles. The van der Waals surface area contributed by atoms with Crippen molar-refractivity contribution < 1.29 is 27.1 Å². The lowest BCUT2D eigenvalue weighted by Gasteiger charge is -2.36. The van der Waals surface area contributed by atoms with Crippen molar-refractivity contribution in [3.8, 4) is 5.75 Å². The van der Waals surface area contributed by atoms with E-state index in [1.165, 1.54) is 18.4 Å². The number of ether oxygens (including phenoxy) is 1. The fourth-order valence-corrected chi connectivity index (χ4v) is 4.03. The van der Waals surface area contributed by atoms with E-state index in [9.17, 15) is 18.0 Å². The standard InChI is InChI=1S/C25H26F3N3O3/c1-33-21-10-4-17(5-11-21)24(32)30-18-6-8-20(9-7-18)31-14-12-19(13-15-31)29-23(25(26,27)28)22-3-2-16-34-22/h2-11,16,19,23,29H,12-15H2,1H3,(H,30,32). The maximum absolute atomic E-state index is 13.5. The molecule has 3 aromatic rings. The summed E-state index contributed by atoms with van der Waals surface area (Å²) in [6.07, 6.45) is -2.03. The third kappa shape index (κ3) is 5.72. The van der Waals surface area contributed by atoms with Crippen LogP contribution in [-0.4, -0.2) is 38.3 Å². The summed E-state index contributed by atoms with van der Waals surface area (Å²) in [5, 5.41) is 5.58. The van der Waals surface area contributed by atoms with E-state index in [-0.39, 0.29) is 17.7 Å². The molecular formula is C25H26F3N3O3. The van der Waals surface area contributed by atoms with Gasteiger partial charge < -0.3 is 19.4 Å². The minimum Gasteiger partial charge on any atom is -0.497 e. The zero-order chi connectivity index (χ0) is 24.1. The Morgan fingerprint density at radius 2 is 1.74 bits per heavy atom. The molecule has 1 fully saturated rings. The molecule has 1 aliphatic heterocycles. The molecule has 6 nitrogen and oxygen atoms in total. The van der Waals surface area contributed by atoms with Gasteiger partial charge in [-0.2, -0.15) is 13.2 Å². The number of rotatable bonds is 7. The van der Waals surface area contributed by atoms with E-state index < -0.39 is 12.2 Å². The average molecular weight is 473 g/mol. The molecule has 0 bridgehead atoms. The van der Waals surface area contributed by atoms with Crippen molar-refractivity contribution in [1.82, 2.24) is 5.32 Å². The number of anilines is 2. The maximum atomic E-state index is 13.5. The van der Waals surface area contributed by atoms with Gasteiger partial charge in [-0.3, -0.25) is 10.1 Å². The fourth-order valence-electron chi connectivity index (χ4n) is 4.03. The lowest BCUT2D eigenvalue weighted by atomic mass is 10.0. The summed E-state index contributed by atoms with van der Waals surface area (Å²) in [6.45, 7) is 1.25. The highest BCUT2D eigenvalue weighted by Crippen LogP contribution is 2.34. The number of hydrogen-bond donors (Lipinski definition) is 2. The minimum atomic E-state index is -4.43. The highest BCUT2D eigenvalue weighted by atomic mass is 19.4. The molecule has 1 amide bonds. The lowest BCUT2D eigenvalue weighted by molar-refractivity contribution is -0.163. The fraction of sp³-hybridized carbons (Fsp3) is 0.320. The van der Waals surface area contributed by atoms with Crippen molar-refractivity contribution in [2.75, 3.05) is 30.4 Å². The molecule has 0 aliphatic carbocycles. The summed E-state index contributed by atoms with van der Waals surface area (Å²) >= 11 is 0. The van der Waals surface area contributed by atoms with Gasteiger partial charge in [-0.15, -0.1) is 0 Å². The number of benzene rings is 2. The van der Waals surface area contributed by atoms with Crippen LogP contribution in [0.15, 0.2) is 71.3 Å². The van der Waals surface area contributed by atoms with Gasteiger partial charge in [0.2, 0.25) is 0 Å². The average Bonchev–Trinajstić information content (AvgIpc) is 3.37. The largest absolute Gasteiger partial charge is 0.497 e. The topological polar surface area (TPSA) is 66.7 Å². The highest BCUT2D eigenvalue weighted by molar-refractivity contribution is 6.04. The van der Waals surface area contributed by atoms with Crippen LogP contribution in [0.25, 0.3) is 0 Å². The van der Waals surface area contributed by atoms with Gasteiger partial charge in [0.1, 0.15) is 11.5 Å². The van der Waals surface area contributed by atoms with Crippen LogP contribution in [0.5, 0.6) is 5.75 Å². The third-order valence-electron chi connectivity index (χ3n) is 5.89. The van der Waals surface area contributed by atoms with Crippen molar-refractivity contribution in [1.29, 1.82) is 0 Å². The summed E-state index contributed by atoms with van der Waals surface area (Å²) in [5.41, 5.74) is 2.14. The smallest absolute Gasteiger partial charge is 0.411 e. The second-order valence-electron chi connectivity index (χ2n) is 8.15. The molecule has 34 heavy (non-hydrogen) atoms. The summed E-state index contributed by atoms with van der Waals surface area (Å²) in [5.74, 6) is 0.329. The van der Waals surface area contributed by atoms with Crippen LogP contribution in [0.3, 0.4) is 0 Å². The maximum Gasteiger partial charge on any atom is 0.411 e. The molecule has 1 aromatic heterocycles. The van der Waals surface area contributed by atoms with E-state index in [1.807, 2.05) is 24.3 Å². The number of methoxy groups -OCH3 is 1. The molecule has 1 aliphatic rings. The first-order valence-corrected chi connectivity index (χ1v) is 11.0. The Hall–Kier alpha value is -3.46. The summed E-state index contributed by atoms with van der Waals surface area (Å²) in [7, 11) is 1.57. The van der Waals surface area contributed by atoms with Gasteiger partial charge >= 0.3 is 6.18 Å². The molecule has 0 spiro atoms. The van der Waals surface area contributed by atoms with Crippen LogP contribution in [0.1, 0.15) is 35.0 Å². The molecule has 1 atom stereocenters. The van der Waals surface area contributed by atoms with Gasteiger partial charge in [0.25, 0.3) is 5.91 Å². The van der Waals surface area contributed by atoms with Crippen molar-refractivity contribution >= 4 is 17.3 Å². The van der Waals surface area contributed by atoms with Crippen molar-refractivity contribution in [2.24, 2.45) is 0 Å². The van der Waals surface area contributed by atoms with E-state index in [0.29, 0.717) is 42.9 Å². The molecule has 1 unspecified atom stereocenters. The van der Waals surface area contributed by atoms with Gasteiger partial charge in [-0.1, -0.05) is 0 Å². The van der Waals surface area contributed by atoms with Gasteiger partial charge in [-0.05, 0) is 73.5 Å². The SMILES string of the molecule is COc1ccc(C(=O)Nc2ccc(N3CCC(NC(c4ccco4)C(F)(F)F)CC3)cc2)cc1. The second-order valence-corrected chi connectivity index (χ2v) is 8.15. The van der Waals surface area contributed by atoms with Crippen LogP contribution in [0, 0.1) is 0 Å². The number of piperidine rings is 1. The van der Waals surface area contributed by atoms with Crippen LogP contribution in [0.2, 0.25) is 0 Å². The Kier molecular flexibility index (Phi) is 7.12. The van der Waals surface area contributed by atoms with Crippen LogP contribution < -0.4 is 20.3 Å². The normalized spacial score (nSPS) is 15.7. The molecule has 1 saturated heterocycles. The monoisotopic (exact) mass is 473 g/mol. The number of hydrogen-bond acceptors (Lipinski definition) is 5. The third-order valence-corrected chi connectivity index (χ3v) is 5.89. The first-order chi connectivity index (χ1) is 16.3. The Bertz CT molecular complexity index is 1060. The van der Waals surface area contributed by atoms with Crippen molar-refractivity contribution in [3.05, 3.63) is 78.3 Å². The van der Waals surface area contributed by atoms with E-state index in [2.05, 4.69) is 15.5 Å². The zero-order valence-corrected chi connectivity index (χ0v) is 18.6. The molecule has 9 heteroatoms. The summed E-state index contributed by atoms with van der Waals surface area (Å²) < 4.78 is 50.6. The highest BCUT2D eigenvalue weighted by Gasteiger charge is 2.44. The van der Waals surface area contributed by atoms with Gasteiger partial charge in [0, 0.05) is 36.1 Å². The molecule has 2 aromatic carbocycles. The first kappa shape index (κ1) is 23.7. The van der Waals surface area contributed by atoms with Gasteiger partial charge in [-0.25, -0.2) is 0 Å². The van der Waals surface area contributed by atoms with Crippen molar-refractivity contribution in [3.63, 3.8) is 0 Å². The molecule has 2 N–H and O–H groups in total. The minimum absolute atomic E-state index is 0.123. The molecule has 2 heterocycles. The van der Waals surface area contributed by atoms with Crippen LogP contribution in [-0.2, 0) is 0 Å². The number of nitrogens with one attached hydrogen (secondary N) is 2. The molecular weight excluding hydrogens is 447 g/mol. The number of alkyl halides is 3. The summed E-state index contributed by atoms with van der Waals surface area (Å²) in [4.78, 5) is 14.6. The molecule has 180 valence electrons. The second kappa shape index (κ2) is 10.2. The summed E-state index contributed by atoms with van der Waals surface area (Å²) in [6, 6.07) is 15.0. The quantitative estimate of drug-likeness (QED) is 0.481. The number of halogens is 3. The predicted molar refractivity (Wildman–Crippen MR) is 123 cm³/mol. The van der Waals surface area contributed by atoms with Crippen LogP contribution in [0.4, 0.5) is 24.5 Å². The number of amides is 1. The van der Waals surface area contributed by atoms with E-state index in [4.69, 9.17) is 9.15 Å². The van der Waals surface area contributed by atoms with Gasteiger partial charge in [0.15, 0.2) is 6.04 Å². The van der Waals surface area contributed by atoms with E-state index in [0.717, 1.165) is 5.69 Å². The van der Waals surface area contributed by atoms with E-state index >= 15 is 0 Å². The van der Waals surface area contributed by atoms with E-state index in [1.54, 1.807) is 31.4 Å². The number of nitrogens with zero attached hydrogens (tertiary/aromatic N) is 1. The first-order valence-electron chi connectivity index (χ1n) is 11.0. The predicted octanol–water partition coefficient (Wildman–Crippen LogP) is 5.40. The Morgan fingerprint density at radius 1 is 1.06 bits per heavy atom. The molecule has 0 radical (unpaired) electrons. The molecule has 4 rings (SSSR count). The zero-order valence-electron chi connectivity index (χ0n) is 18.6. The van der Waals surface area contributed by atoms with Gasteiger partial charge in [0.05, 0.1) is 13.4 Å². The number of carbonyl (C=O) groups is 1. The number of carbonyl (C=O) groups excluding carboxylic acids is 1. The lowest BCUT2D eigenvalue weighted by Crippen LogP contribution is -2.46. The van der Waals surface area contributed by atoms with Crippen molar-refractivity contribution in [2.45, 2.75) is 31.1 Å². The number of furan rings is 1. The Labute approximate surface area is 195 Å². The van der Waals surface area contributed by atoms with Crippen LogP contribution >= 0.6 is 0 Å².